The van der Waals surface area contributed by atoms with E-state index in [2.05, 4.69) is 15.5 Å². The number of aromatic nitrogens is 2. The first-order valence-electron chi connectivity index (χ1n) is 10.1. The summed E-state index contributed by atoms with van der Waals surface area (Å²) in [5.41, 5.74) is 2.13. The van der Waals surface area contributed by atoms with Gasteiger partial charge in [0.05, 0.1) is 24.4 Å². The molecule has 1 amide bonds. The predicted octanol–water partition coefficient (Wildman–Crippen LogP) is 3.86. The van der Waals surface area contributed by atoms with Crippen LogP contribution in [0.15, 0.2) is 15.9 Å². The summed E-state index contributed by atoms with van der Waals surface area (Å²) in [5.74, 6) is 1.21. The molecule has 0 radical (unpaired) electrons. The van der Waals surface area contributed by atoms with Crippen molar-refractivity contribution in [1.82, 2.24) is 10.1 Å². The fourth-order valence-corrected chi connectivity index (χ4v) is 5.16. The van der Waals surface area contributed by atoms with Gasteiger partial charge in [0.25, 0.3) is 11.8 Å². The molecule has 3 heterocycles. The summed E-state index contributed by atoms with van der Waals surface area (Å²) in [6.45, 7) is 0.311. The first-order chi connectivity index (χ1) is 14.6. The van der Waals surface area contributed by atoms with Crippen LogP contribution in [0.4, 0.5) is 9.80 Å². The highest BCUT2D eigenvalue weighted by molar-refractivity contribution is 7.17. The van der Waals surface area contributed by atoms with Crippen LogP contribution in [0.2, 0.25) is 0 Å². The second-order valence-electron chi connectivity index (χ2n) is 7.67. The van der Waals surface area contributed by atoms with Crippen molar-refractivity contribution in [2.24, 2.45) is 0 Å². The van der Waals surface area contributed by atoms with E-state index in [0.29, 0.717) is 23.4 Å². The van der Waals surface area contributed by atoms with Gasteiger partial charge in [0, 0.05) is 17.2 Å². The standard InChI is InChI=1S/C20H21N3O6S/c24-17(12-9-27-8-7-13(12)28-20(25)26)22-19-15(11-3-1-2-4-14(11)30-19)18-21-16(23-29-18)10-5-6-10/h10H,1-9H2,(H,22,24)(H,25,26). The van der Waals surface area contributed by atoms with Gasteiger partial charge in [-0.2, -0.15) is 4.98 Å². The van der Waals surface area contributed by atoms with E-state index in [9.17, 15) is 9.59 Å². The van der Waals surface area contributed by atoms with Gasteiger partial charge < -0.3 is 24.4 Å². The lowest BCUT2D eigenvalue weighted by atomic mass is 9.95. The highest BCUT2D eigenvalue weighted by atomic mass is 32.1. The fourth-order valence-electron chi connectivity index (χ4n) is 3.88. The number of hydrogen-bond acceptors (Lipinski definition) is 8. The molecule has 0 saturated heterocycles. The molecule has 2 aromatic rings. The van der Waals surface area contributed by atoms with Crippen LogP contribution in [0.3, 0.4) is 0 Å². The van der Waals surface area contributed by atoms with Crippen molar-refractivity contribution in [1.29, 1.82) is 0 Å². The first kappa shape index (κ1) is 19.3. The molecule has 0 unspecified atom stereocenters. The van der Waals surface area contributed by atoms with E-state index in [0.717, 1.165) is 55.5 Å². The molecule has 1 fully saturated rings. The molecule has 5 rings (SSSR count). The van der Waals surface area contributed by atoms with E-state index < -0.39 is 12.1 Å². The zero-order chi connectivity index (χ0) is 20.7. The van der Waals surface area contributed by atoms with Gasteiger partial charge in [-0.25, -0.2) is 4.79 Å². The third-order valence-electron chi connectivity index (χ3n) is 5.54. The Hall–Kier alpha value is -2.72. The Morgan fingerprint density at radius 1 is 1.20 bits per heavy atom. The number of ether oxygens (including phenoxy) is 2. The van der Waals surface area contributed by atoms with Crippen LogP contribution in [0.25, 0.3) is 11.5 Å². The van der Waals surface area contributed by atoms with E-state index in [1.54, 1.807) is 0 Å². The second kappa shape index (κ2) is 7.84. The fraction of sp³-hybridized carbons (Fsp3) is 0.500. The summed E-state index contributed by atoms with van der Waals surface area (Å²) in [6, 6.07) is 0. The summed E-state index contributed by atoms with van der Waals surface area (Å²) >= 11 is 1.52. The predicted molar refractivity (Wildman–Crippen MR) is 106 cm³/mol. The number of rotatable bonds is 5. The Bertz CT molecular complexity index is 1040. The third-order valence-corrected chi connectivity index (χ3v) is 6.74. The van der Waals surface area contributed by atoms with Crippen LogP contribution in [-0.2, 0) is 27.1 Å². The molecule has 2 aromatic heterocycles. The minimum absolute atomic E-state index is 0.00125. The lowest BCUT2D eigenvalue weighted by Gasteiger charge is -2.18. The maximum atomic E-state index is 13.0. The highest BCUT2D eigenvalue weighted by Gasteiger charge is 2.32. The van der Waals surface area contributed by atoms with E-state index in [1.165, 1.54) is 16.2 Å². The van der Waals surface area contributed by atoms with Crippen LogP contribution in [-0.4, -0.2) is 40.5 Å². The average Bonchev–Trinajstić information content (AvgIpc) is 3.35. The van der Waals surface area contributed by atoms with Crippen molar-refractivity contribution in [3.8, 4) is 11.5 Å². The number of aryl methyl sites for hydroxylation is 1. The lowest BCUT2D eigenvalue weighted by Crippen LogP contribution is -2.25. The van der Waals surface area contributed by atoms with E-state index in [4.69, 9.17) is 19.1 Å². The number of carbonyl (C=O) groups excluding carboxylic acids is 1. The molecule has 10 heteroatoms. The van der Waals surface area contributed by atoms with Gasteiger partial charge in [-0.15, -0.1) is 11.3 Å². The summed E-state index contributed by atoms with van der Waals surface area (Å²) in [7, 11) is 0. The average molecular weight is 431 g/mol. The van der Waals surface area contributed by atoms with E-state index in [1.807, 2.05) is 0 Å². The van der Waals surface area contributed by atoms with Gasteiger partial charge in [-0.05, 0) is 44.1 Å². The number of hydrogen-bond donors (Lipinski definition) is 2. The molecule has 0 aromatic carbocycles. The van der Waals surface area contributed by atoms with Crippen molar-refractivity contribution >= 4 is 28.4 Å². The van der Waals surface area contributed by atoms with Crippen molar-refractivity contribution in [3.63, 3.8) is 0 Å². The van der Waals surface area contributed by atoms with Crippen LogP contribution in [0, 0.1) is 0 Å². The number of nitrogens with zero attached hydrogens (tertiary/aromatic N) is 2. The minimum atomic E-state index is -1.44. The third kappa shape index (κ3) is 3.72. The molecule has 9 nitrogen and oxygen atoms in total. The summed E-state index contributed by atoms with van der Waals surface area (Å²) < 4.78 is 15.7. The lowest BCUT2D eigenvalue weighted by molar-refractivity contribution is -0.114. The summed E-state index contributed by atoms with van der Waals surface area (Å²) in [6.07, 6.45) is 4.97. The number of carboxylic acid groups (broad SMARTS) is 1. The second-order valence-corrected chi connectivity index (χ2v) is 8.78. The molecule has 0 spiro atoms. The van der Waals surface area contributed by atoms with Crippen LogP contribution in [0.1, 0.15) is 54.3 Å². The van der Waals surface area contributed by atoms with Crippen molar-refractivity contribution in [2.75, 3.05) is 18.5 Å². The van der Waals surface area contributed by atoms with Crippen LogP contribution in [0.5, 0.6) is 0 Å². The molecular formula is C20H21N3O6S. The maximum Gasteiger partial charge on any atom is 0.511 e. The zero-order valence-electron chi connectivity index (χ0n) is 16.2. The van der Waals surface area contributed by atoms with Gasteiger partial charge in [-0.3, -0.25) is 4.79 Å². The molecule has 158 valence electrons. The Labute approximate surface area is 176 Å². The van der Waals surface area contributed by atoms with Gasteiger partial charge in [0.1, 0.15) is 10.8 Å². The first-order valence-corrected chi connectivity index (χ1v) is 10.9. The van der Waals surface area contributed by atoms with Gasteiger partial charge >= 0.3 is 6.16 Å². The summed E-state index contributed by atoms with van der Waals surface area (Å²) in [4.78, 5) is 29.8. The number of anilines is 1. The van der Waals surface area contributed by atoms with Gasteiger partial charge in [0.15, 0.2) is 5.82 Å². The van der Waals surface area contributed by atoms with E-state index in [-0.39, 0.29) is 24.4 Å². The van der Waals surface area contributed by atoms with E-state index >= 15 is 0 Å². The number of fused-ring (bicyclic) bond motifs is 1. The monoisotopic (exact) mass is 431 g/mol. The molecule has 2 aliphatic carbocycles. The summed E-state index contributed by atoms with van der Waals surface area (Å²) in [5, 5.41) is 16.7. The van der Waals surface area contributed by atoms with Crippen molar-refractivity contribution in [3.05, 3.63) is 27.6 Å². The molecule has 2 N–H and O–H groups in total. The quantitative estimate of drug-likeness (QED) is 0.684. The van der Waals surface area contributed by atoms with Crippen LogP contribution < -0.4 is 5.32 Å². The molecule has 0 atom stereocenters. The van der Waals surface area contributed by atoms with Crippen molar-refractivity contribution in [2.45, 2.75) is 50.9 Å². The number of amides is 1. The molecule has 1 saturated carbocycles. The highest BCUT2D eigenvalue weighted by Crippen LogP contribution is 2.45. The Morgan fingerprint density at radius 3 is 2.83 bits per heavy atom. The van der Waals surface area contributed by atoms with Gasteiger partial charge in [0.2, 0.25) is 0 Å². The van der Waals surface area contributed by atoms with Crippen LogP contribution >= 0.6 is 11.3 Å². The molecule has 1 aliphatic heterocycles. The maximum absolute atomic E-state index is 13.0. The minimum Gasteiger partial charge on any atom is -0.449 e. The Kier molecular flexibility index (Phi) is 5.03. The van der Waals surface area contributed by atoms with Gasteiger partial charge in [-0.1, -0.05) is 5.16 Å². The smallest absolute Gasteiger partial charge is 0.449 e. The number of thiophene rings is 1. The Morgan fingerprint density at radius 2 is 2.03 bits per heavy atom. The Balaban J connectivity index is 1.49. The largest absolute Gasteiger partial charge is 0.511 e. The van der Waals surface area contributed by atoms with Crippen molar-refractivity contribution < 1.29 is 28.7 Å². The topological polar surface area (TPSA) is 124 Å². The number of nitrogens with one attached hydrogen (secondary N) is 1. The molecule has 30 heavy (non-hydrogen) atoms. The molecule has 0 bridgehead atoms. The zero-order valence-corrected chi connectivity index (χ0v) is 17.0. The SMILES string of the molecule is O=C(O)OC1=C(C(=O)Nc2sc3c(c2-c2nc(C4CC4)no2)CCCC3)COCC1. The molecular weight excluding hydrogens is 410 g/mol. The molecule has 3 aliphatic rings. The number of carbonyl (C=O) groups is 2. The normalized spacial score (nSPS) is 18.8.